The van der Waals surface area contributed by atoms with Crippen LogP contribution in [-0.4, -0.2) is 50.3 Å². The molecule has 0 radical (unpaired) electrons. The van der Waals surface area contributed by atoms with Gasteiger partial charge in [-0.15, -0.1) is 0 Å². The summed E-state index contributed by atoms with van der Waals surface area (Å²) in [5, 5.41) is 2.77. The number of aldehydes is 1. The number of thioether (sulfide) groups is 2. The Morgan fingerprint density at radius 3 is 2.24 bits per heavy atom. The molecule has 0 aliphatic carbocycles. The SMILES string of the molecule is CN.CSC.CSCCNC(=O)CCCC=O. The number of hydrogen-bond donors (Lipinski definition) is 2. The largest absolute Gasteiger partial charge is 0.355 e. The quantitative estimate of drug-likeness (QED) is 0.545. The van der Waals surface area contributed by atoms with Crippen LogP contribution in [0.15, 0.2) is 0 Å². The van der Waals surface area contributed by atoms with E-state index in [0.29, 0.717) is 19.3 Å². The van der Waals surface area contributed by atoms with Gasteiger partial charge in [0.2, 0.25) is 5.91 Å². The van der Waals surface area contributed by atoms with E-state index in [4.69, 9.17) is 0 Å². The molecular formula is C11H26N2O2S2. The van der Waals surface area contributed by atoms with E-state index in [0.717, 1.165) is 18.6 Å². The predicted octanol–water partition coefficient (Wildman–Crippen LogP) is 1.39. The van der Waals surface area contributed by atoms with Crippen LogP contribution >= 0.6 is 23.5 Å². The number of nitrogens with one attached hydrogen (secondary N) is 1. The minimum Gasteiger partial charge on any atom is -0.355 e. The Morgan fingerprint density at radius 1 is 1.29 bits per heavy atom. The van der Waals surface area contributed by atoms with Gasteiger partial charge in [0.1, 0.15) is 6.29 Å². The fourth-order valence-electron chi connectivity index (χ4n) is 0.727. The van der Waals surface area contributed by atoms with E-state index in [-0.39, 0.29) is 5.91 Å². The third-order valence-electron chi connectivity index (χ3n) is 1.35. The predicted molar refractivity (Wildman–Crippen MR) is 80.9 cm³/mol. The summed E-state index contributed by atoms with van der Waals surface area (Å²) in [5.41, 5.74) is 4.50. The lowest BCUT2D eigenvalue weighted by Gasteiger charge is -2.01. The average Bonchev–Trinajstić information content (AvgIpc) is 2.33. The Hall–Kier alpha value is -0.200. The number of unbranched alkanes of at least 4 members (excludes halogenated alkanes) is 1. The summed E-state index contributed by atoms with van der Waals surface area (Å²) in [6, 6.07) is 0. The molecule has 0 unspecified atom stereocenters. The van der Waals surface area contributed by atoms with E-state index in [1.807, 2.05) is 18.8 Å². The lowest BCUT2D eigenvalue weighted by atomic mass is 10.2. The minimum atomic E-state index is 0.0471. The molecule has 0 fully saturated rings. The maximum Gasteiger partial charge on any atom is 0.220 e. The number of rotatable bonds is 7. The maximum atomic E-state index is 11.0. The highest BCUT2D eigenvalue weighted by Gasteiger charge is 1.98. The number of amides is 1. The van der Waals surface area contributed by atoms with E-state index >= 15 is 0 Å². The van der Waals surface area contributed by atoms with Crippen LogP contribution in [0.3, 0.4) is 0 Å². The van der Waals surface area contributed by atoms with Gasteiger partial charge >= 0.3 is 0 Å². The van der Waals surface area contributed by atoms with Crippen molar-refractivity contribution < 1.29 is 9.59 Å². The van der Waals surface area contributed by atoms with Crippen LogP contribution in [-0.2, 0) is 9.59 Å². The normalized spacial score (nSPS) is 8.06. The molecule has 0 heterocycles. The van der Waals surface area contributed by atoms with Crippen molar-refractivity contribution in [3.8, 4) is 0 Å². The lowest BCUT2D eigenvalue weighted by molar-refractivity contribution is -0.121. The van der Waals surface area contributed by atoms with Gasteiger partial charge in [-0.1, -0.05) is 0 Å². The van der Waals surface area contributed by atoms with Gasteiger partial charge < -0.3 is 15.8 Å². The van der Waals surface area contributed by atoms with Gasteiger partial charge in [0, 0.05) is 25.1 Å². The number of hydrogen-bond acceptors (Lipinski definition) is 5. The molecule has 0 rings (SSSR count). The van der Waals surface area contributed by atoms with Crippen LogP contribution in [0, 0.1) is 0 Å². The Kier molecular flexibility index (Phi) is 32.2. The molecular weight excluding hydrogens is 256 g/mol. The molecule has 0 bridgehead atoms. The van der Waals surface area contributed by atoms with Gasteiger partial charge in [-0.25, -0.2) is 0 Å². The Bertz CT molecular complexity index is 158. The molecule has 0 aromatic rings. The van der Waals surface area contributed by atoms with Gasteiger partial charge in [0.15, 0.2) is 0 Å². The first-order chi connectivity index (χ1) is 8.22. The second kappa shape index (κ2) is 24.9. The Morgan fingerprint density at radius 2 is 1.82 bits per heavy atom. The van der Waals surface area contributed by atoms with Crippen LogP contribution in [0.5, 0.6) is 0 Å². The number of carbonyl (C=O) groups excluding carboxylic acids is 2. The monoisotopic (exact) mass is 282 g/mol. The molecule has 0 aliphatic heterocycles. The third kappa shape index (κ3) is 31.3. The van der Waals surface area contributed by atoms with Crippen molar-refractivity contribution in [3.05, 3.63) is 0 Å². The highest BCUT2D eigenvalue weighted by atomic mass is 32.2. The summed E-state index contributed by atoms with van der Waals surface area (Å²) < 4.78 is 0. The molecule has 0 aromatic heterocycles. The summed E-state index contributed by atoms with van der Waals surface area (Å²) >= 11 is 3.45. The highest BCUT2D eigenvalue weighted by molar-refractivity contribution is 7.98. The van der Waals surface area contributed by atoms with Crippen molar-refractivity contribution >= 4 is 35.7 Å². The molecule has 4 nitrogen and oxygen atoms in total. The summed E-state index contributed by atoms with van der Waals surface area (Å²) in [4.78, 5) is 20.9. The molecule has 0 atom stereocenters. The van der Waals surface area contributed by atoms with Gasteiger partial charge in [0.05, 0.1) is 0 Å². The number of nitrogens with two attached hydrogens (primary N) is 1. The zero-order valence-corrected chi connectivity index (χ0v) is 13.0. The smallest absolute Gasteiger partial charge is 0.220 e. The van der Waals surface area contributed by atoms with Gasteiger partial charge in [-0.05, 0) is 32.2 Å². The molecule has 6 heteroatoms. The first-order valence-corrected chi connectivity index (χ1v) is 8.42. The molecule has 3 N–H and O–H groups in total. The summed E-state index contributed by atoms with van der Waals surface area (Å²) in [5.74, 6) is 0.991. The topological polar surface area (TPSA) is 72.2 Å². The fraction of sp³-hybridized carbons (Fsp3) is 0.818. The molecule has 0 saturated heterocycles. The van der Waals surface area contributed by atoms with Crippen LogP contribution in [0.2, 0.25) is 0 Å². The summed E-state index contributed by atoms with van der Waals surface area (Å²) in [6.45, 7) is 0.723. The van der Waals surface area contributed by atoms with Gasteiger partial charge in [-0.2, -0.15) is 23.5 Å². The molecule has 104 valence electrons. The standard InChI is InChI=1S/C8H15NO2S.C2H6S.CH5N/c1-12-7-5-9-8(11)4-2-3-6-10;1-3-2;1-2/h6H,2-5,7H2,1H3,(H,9,11);1-2H3;2H2,1H3. The summed E-state index contributed by atoms with van der Waals surface area (Å²) in [6.07, 6.45) is 8.53. The molecule has 0 aliphatic rings. The van der Waals surface area contributed by atoms with Gasteiger partial charge in [0.25, 0.3) is 0 Å². The molecule has 1 amide bonds. The minimum absolute atomic E-state index is 0.0471. The van der Waals surface area contributed by atoms with Crippen molar-refractivity contribution in [2.45, 2.75) is 19.3 Å². The molecule has 17 heavy (non-hydrogen) atoms. The second-order valence-corrected chi connectivity index (χ2v) is 4.61. The first kappa shape index (κ1) is 22.0. The Balaban J connectivity index is -0.000000337. The third-order valence-corrected chi connectivity index (χ3v) is 1.97. The zero-order valence-electron chi connectivity index (χ0n) is 11.3. The fourth-order valence-corrected chi connectivity index (χ4v) is 1.03. The van der Waals surface area contributed by atoms with Crippen molar-refractivity contribution in [2.75, 3.05) is 38.1 Å². The van der Waals surface area contributed by atoms with Crippen molar-refractivity contribution in [1.82, 2.24) is 5.32 Å². The summed E-state index contributed by atoms with van der Waals surface area (Å²) in [7, 11) is 1.50. The van der Waals surface area contributed by atoms with Crippen LogP contribution in [0.25, 0.3) is 0 Å². The lowest BCUT2D eigenvalue weighted by Crippen LogP contribution is -2.25. The van der Waals surface area contributed by atoms with E-state index < -0.39 is 0 Å². The van der Waals surface area contributed by atoms with Crippen LogP contribution in [0.1, 0.15) is 19.3 Å². The molecule has 0 saturated carbocycles. The highest BCUT2D eigenvalue weighted by Crippen LogP contribution is 1.92. The average molecular weight is 282 g/mol. The van der Waals surface area contributed by atoms with Gasteiger partial charge in [-0.3, -0.25) is 4.79 Å². The van der Waals surface area contributed by atoms with E-state index in [2.05, 4.69) is 11.1 Å². The van der Waals surface area contributed by atoms with E-state index in [9.17, 15) is 9.59 Å². The second-order valence-electron chi connectivity index (χ2n) is 2.81. The van der Waals surface area contributed by atoms with E-state index in [1.165, 1.54) is 7.05 Å². The molecule has 0 aromatic carbocycles. The van der Waals surface area contributed by atoms with Crippen molar-refractivity contribution in [2.24, 2.45) is 5.73 Å². The maximum absolute atomic E-state index is 11.0. The Labute approximate surface area is 114 Å². The van der Waals surface area contributed by atoms with Crippen LogP contribution < -0.4 is 11.1 Å². The van der Waals surface area contributed by atoms with E-state index in [1.54, 1.807) is 23.5 Å². The number of carbonyl (C=O) groups is 2. The first-order valence-electron chi connectivity index (χ1n) is 5.40. The van der Waals surface area contributed by atoms with Crippen molar-refractivity contribution in [3.63, 3.8) is 0 Å². The zero-order chi connectivity index (χ0) is 13.9. The molecule has 0 spiro atoms. The van der Waals surface area contributed by atoms with Crippen molar-refractivity contribution in [1.29, 1.82) is 0 Å². The van der Waals surface area contributed by atoms with Crippen LogP contribution in [0.4, 0.5) is 0 Å².